The largest absolute Gasteiger partial charge is 0.390 e. The van der Waals surface area contributed by atoms with E-state index in [9.17, 15) is 5.11 Å². The molecule has 1 aromatic heterocycles. The Morgan fingerprint density at radius 2 is 2.55 bits per heavy atom. The zero-order chi connectivity index (χ0) is 7.68. The van der Waals surface area contributed by atoms with Crippen LogP contribution in [0.5, 0.6) is 0 Å². The van der Waals surface area contributed by atoms with Crippen molar-refractivity contribution in [2.75, 3.05) is 13.2 Å². The molecule has 4 heteroatoms. The molecule has 1 fully saturated rings. The fraction of sp³-hybridized carbons (Fsp3) is 0.571. The van der Waals surface area contributed by atoms with E-state index in [4.69, 9.17) is 4.74 Å². The summed E-state index contributed by atoms with van der Waals surface area (Å²) in [6, 6.07) is 1.94. The Kier molecular flexibility index (Phi) is 1.89. The summed E-state index contributed by atoms with van der Waals surface area (Å²) in [5.74, 6) is 0.0984. The van der Waals surface area contributed by atoms with Gasteiger partial charge in [-0.3, -0.25) is 0 Å². The lowest BCUT2D eigenvalue weighted by atomic mass is 10.0. The van der Waals surface area contributed by atoms with E-state index in [1.165, 1.54) is 11.5 Å². The molecule has 1 aliphatic rings. The predicted molar refractivity (Wildman–Crippen MR) is 41.7 cm³/mol. The Balaban J connectivity index is 2.16. The van der Waals surface area contributed by atoms with Gasteiger partial charge < -0.3 is 9.84 Å². The number of hydrogen-bond acceptors (Lipinski definition) is 4. The monoisotopic (exact) mass is 171 g/mol. The highest BCUT2D eigenvalue weighted by Crippen LogP contribution is 2.24. The summed E-state index contributed by atoms with van der Waals surface area (Å²) in [4.78, 5) is 0. The number of aliphatic hydroxyl groups is 1. The Bertz CT molecular complexity index is 224. The van der Waals surface area contributed by atoms with Gasteiger partial charge in [-0.1, -0.05) is 0 Å². The van der Waals surface area contributed by atoms with Gasteiger partial charge >= 0.3 is 0 Å². The van der Waals surface area contributed by atoms with Crippen LogP contribution in [0.3, 0.4) is 0 Å². The van der Waals surface area contributed by atoms with Crippen LogP contribution < -0.4 is 0 Å². The van der Waals surface area contributed by atoms with Gasteiger partial charge in [0.2, 0.25) is 0 Å². The number of ether oxygens (including phenoxy) is 1. The molecule has 11 heavy (non-hydrogen) atoms. The van der Waals surface area contributed by atoms with E-state index in [1.807, 2.05) is 11.4 Å². The number of aliphatic hydroxyl groups excluding tert-OH is 1. The molecule has 0 amide bonds. The van der Waals surface area contributed by atoms with Crippen molar-refractivity contribution in [3.8, 4) is 0 Å². The number of rotatable bonds is 1. The maximum atomic E-state index is 9.40. The summed E-state index contributed by atoms with van der Waals surface area (Å²) in [7, 11) is 0. The van der Waals surface area contributed by atoms with Gasteiger partial charge in [0.05, 0.1) is 30.9 Å². The van der Waals surface area contributed by atoms with Gasteiger partial charge in [0, 0.05) is 5.38 Å². The van der Waals surface area contributed by atoms with Crippen molar-refractivity contribution in [3.05, 3.63) is 17.1 Å². The Labute approximate surface area is 68.8 Å². The Morgan fingerprint density at radius 3 is 3.09 bits per heavy atom. The van der Waals surface area contributed by atoms with Crippen LogP contribution >= 0.6 is 11.5 Å². The van der Waals surface area contributed by atoms with Crippen molar-refractivity contribution in [1.82, 2.24) is 4.37 Å². The average molecular weight is 171 g/mol. The normalized spacial score (nSPS) is 31.0. The first-order chi connectivity index (χ1) is 5.38. The van der Waals surface area contributed by atoms with Crippen LogP contribution in [0.15, 0.2) is 11.4 Å². The van der Waals surface area contributed by atoms with Gasteiger partial charge in [0.15, 0.2) is 0 Å². The van der Waals surface area contributed by atoms with Crippen molar-refractivity contribution in [2.45, 2.75) is 12.0 Å². The molecule has 0 aromatic carbocycles. The lowest BCUT2D eigenvalue weighted by molar-refractivity contribution is 0.124. The molecule has 3 nitrogen and oxygen atoms in total. The molecule has 0 aliphatic carbocycles. The predicted octanol–water partition coefficient (Wildman–Crippen LogP) is 0.618. The highest BCUT2D eigenvalue weighted by molar-refractivity contribution is 7.03. The van der Waals surface area contributed by atoms with Gasteiger partial charge in [-0.25, -0.2) is 0 Å². The van der Waals surface area contributed by atoms with Crippen LogP contribution in [-0.2, 0) is 4.74 Å². The first-order valence-electron chi connectivity index (χ1n) is 3.54. The quantitative estimate of drug-likeness (QED) is 0.673. The Morgan fingerprint density at radius 1 is 1.64 bits per heavy atom. The SMILES string of the molecule is OC1COCC1c1ccsn1. The molecule has 2 atom stereocenters. The van der Waals surface area contributed by atoms with E-state index in [1.54, 1.807) is 0 Å². The van der Waals surface area contributed by atoms with Crippen molar-refractivity contribution in [2.24, 2.45) is 0 Å². The van der Waals surface area contributed by atoms with Crippen molar-refractivity contribution in [1.29, 1.82) is 0 Å². The molecule has 2 heterocycles. The van der Waals surface area contributed by atoms with E-state index < -0.39 is 0 Å². The van der Waals surface area contributed by atoms with Gasteiger partial charge in [-0.15, -0.1) is 0 Å². The second kappa shape index (κ2) is 2.89. The summed E-state index contributed by atoms with van der Waals surface area (Å²) in [6.45, 7) is 1.05. The molecular weight excluding hydrogens is 162 g/mol. The van der Waals surface area contributed by atoms with Crippen LogP contribution in [0.1, 0.15) is 11.6 Å². The molecule has 0 saturated carbocycles. The molecule has 60 valence electrons. The van der Waals surface area contributed by atoms with Gasteiger partial charge in [0.1, 0.15) is 0 Å². The number of aromatic nitrogens is 1. The molecule has 2 rings (SSSR count). The molecule has 1 aliphatic heterocycles. The van der Waals surface area contributed by atoms with E-state index in [0.717, 1.165) is 5.69 Å². The minimum Gasteiger partial charge on any atom is -0.390 e. The van der Waals surface area contributed by atoms with Crippen LogP contribution in [0.2, 0.25) is 0 Å². The third-order valence-electron chi connectivity index (χ3n) is 1.89. The standard InChI is InChI=1S/C7H9NO2S/c9-7-4-10-3-5(7)6-1-2-11-8-6/h1-2,5,7,9H,3-4H2. The second-order valence-electron chi connectivity index (χ2n) is 2.64. The second-order valence-corrected chi connectivity index (χ2v) is 3.30. The van der Waals surface area contributed by atoms with Crippen molar-refractivity contribution in [3.63, 3.8) is 0 Å². The first kappa shape index (κ1) is 7.21. The van der Waals surface area contributed by atoms with E-state index in [2.05, 4.69) is 4.37 Å². The van der Waals surface area contributed by atoms with E-state index in [-0.39, 0.29) is 12.0 Å². The van der Waals surface area contributed by atoms with Crippen molar-refractivity contribution >= 4 is 11.5 Å². The van der Waals surface area contributed by atoms with Gasteiger partial charge in [0.25, 0.3) is 0 Å². The maximum Gasteiger partial charge on any atom is 0.0879 e. The maximum absolute atomic E-state index is 9.40. The zero-order valence-corrected chi connectivity index (χ0v) is 6.75. The van der Waals surface area contributed by atoms with Crippen molar-refractivity contribution < 1.29 is 9.84 Å². The lowest BCUT2D eigenvalue weighted by Gasteiger charge is -2.07. The molecule has 0 radical (unpaired) electrons. The summed E-state index contributed by atoms with van der Waals surface area (Å²) in [5.41, 5.74) is 0.958. The summed E-state index contributed by atoms with van der Waals surface area (Å²) >= 11 is 1.41. The molecule has 0 spiro atoms. The van der Waals surface area contributed by atoms with Gasteiger partial charge in [-0.05, 0) is 17.6 Å². The summed E-state index contributed by atoms with van der Waals surface area (Å²) in [5, 5.41) is 11.3. The highest BCUT2D eigenvalue weighted by Gasteiger charge is 2.28. The third kappa shape index (κ3) is 1.29. The lowest BCUT2D eigenvalue weighted by Crippen LogP contribution is -2.15. The third-order valence-corrected chi connectivity index (χ3v) is 2.46. The van der Waals surface area contributed by atoms with Crippen LogP contribution in [0.4, 0.5) is 0 Å². The minimum absolute atomic E-state index is 0.0984. The molecule has 1 N–H and O–H groups in total. The molecule has 1 saturated heterocycles. The highest BCUT2D eigenvalue weighted by atomic mass is 32.1. The van der Waals surface area contributed by atoms with E-state index in [0.29, 0.717) is 13.2 Å². The smallest absolute Gasteiger partial charge is 0.0879 e. The van der Waals surface area contributed by atoms with Crippen LogP contribution in [0.25, 0.3) is 0 Å². The van der Waals surface area contributed by atoms with Gasteiger partial charge in [-0.2, -0.15) is 4.37 Å². The molecule has 0 bridgehead atoms. The fourth-order valence-electron chi connectivity index (χ4n) is 1.24. The van der Waals surface area contributed by atoms with E-state index >= 15 is 0 Å². The number of hydrogen-bond donors (Lipinski definition) is 1. The van der Waals surface area contributed by atoms with Crippen LogP contribution in [0, 0.1) is 0 Å². The first-order valence-corrected chi connectivity index (χ1v) is 4.37. The summed E-state index contributed by atoms with van der Waals surface area (Å²) < 4.78 is 9.26. The topological polar surface area (TPSA) is 42.4 Å². The summed E-state index contributed by atoms with van der Waals surface area (Å²) in [6.07, 6.45) is -0.364. The molecule has 1 aromatic rings. The molecular formula is C7H9NO2S. The zero-order valence-electron chi connectivity index (χ0n) is 5.93. The molecule has 2 unspecified atom stereocenters. The fourth-order valence-corrected chi connectivity index (χ4v) is 1.82. The van der Waals surface area contributed by atoms with Crippen LogP contribution in [-0.4, -0.2) is 28.8 Å². The Hall–Kier alpha value is -0.450. The average Bonchev–Trinajstić information content (AvgIpc) is 2.55. The minimum atomic E-state index is -0.364. The number of nitrogens with zero attached hydrogens (tertiary/aromatic N) is 1.